The van der Waals surface area contributed by atoms with Crippen molar-refractivity contribution in [1.29, 1.82) is 0 Å². The van der Waals surface area contributed by atoms with Crippen molar-refractivity contribution >= 4 is 18.3 Å². The summed E-state index contributed by atoms with van der Waals surface area (Å²) in [5.41, 5.74) is 1.14. The summed E-state index contributed by atoms with van der Waals surface area (Å²) < 4.78 is 11.0. The maximum absolute atomic E-state index is 12.4. The monoisotopic (exact) mass is 375 g/mol. The number of nitrogens with zero attached hydrogens (tertiary/aromatic N) is 2. The molecule has 3 rings (SSSR count). The highest BCUT2D eigenvalue weighted by molar-refractivity contribution is 5.93. The lowest BCUT2D eigenvalue weighted by atomic mass is 10.1. The minimum absolute atomic E-state index is 0. The number of nitrogens with one attached hydrogen (secondary N) is 1. The molecule has 0 fully saturated rings. The van der Waals surface area contributed by atoms with E-state index in [9.17, 15) is 4.79 Å². The second-order valence-corrected chi connectivity index (χ2v) is 6.08. The van der Waals surface area contributed by atoms with Crippen molar-refractivity contribution in [1.82, 2.24) is 15.4 Å². The lowest BCUT2D eigenvalue weighted by Crippen LogP contribution is -2.34. The van der Waals surface area contributed by atoms with Gasteiger partial charge < -0.3 is 14.3 Å². The van der Waals surface area contributed by atoms with Crippen LogP contribution in [0.2, 0.25) is 0 Å². The van der Waals surface area contributed by atoms with Gasteiger partial charge in [0.1, 0.15) is 11.5 Å². The van der Waals surface area contributed by atoms with E-state index in [-0.39, 0.29) is 30.0 Å². The highest BCUT2D eigenvalue weighted by atomic mass is 35.5. The van der Waals surface area contributed by atoms with Crippen molar-refractivity contribution in [3.05, 3.63) is 65.7 Å². The molecule has 1 atom stereocenters. The Morgan fingerprint density at radius 2 is 1.92 bits per heavy atom. The highest BCUT2D eigenvalue weighted by Crippen LogP contribution is 2.21. The minimum Gasteiger partial charge on any atom is -0.465 e. The van der Waals surface area contributed by atoms with Crippen molar-refractivity contribution in [2.75, 3.05) is 20.6 Å². The molecular weight excluding hydrogens is 354 g/mol. The first-order valence-electron chi connectivity index (χ1n) is 8.07. The Balaban J connectivity index is 0.00000243. The molecule has 2 aromatic heterocycles. The third-order valence-corrected chi connectivity index (χ3v) is 3.97. The molecule has 1 N–H and O–H groups in total. The van der Waals surface area contributed by atoms with Gasteiger partial charge in [-0.1, -0.05) is 35.5 Å². The van der Waals surface area contributed by atoms with Crippen LogP contribution in [0.5, 0.6) is 0 Å². The molecule has 6 nitrogen and oxygen atoms in total. The lowest BCUT2D eigenvalue weighted by Gasteiger charge is -2.22. The molecule has 138 valence electrons. The fourth-order valence-electron chi connectivity index (χ4n) is 2.57. The number of hydrogen-bond acceptors (Lipinski definition) is 5. The van der Waals surface area contributed by atoms with E-state index in [1.54, 1.807) is 6.07 Å². The van der Waals surface area contributed by atoms with Gasteiger partial charge in [0, 0.05) is 18.2 Å². The smallest absolute Gasteiger partial charge is 0.273 e. The summed E-state index contributed by atoms with van der Waals surface area (Å²) >= 11 is 0. The summed E-state index contributed by atoms with van der Waals surface area (Å²) in [6.45, 7) is 2.31. The van der Waals surface area contributed by atoms with Crippen LogP contribution in [0.3, 0.4) is 0 Å². The van der Waals surface area contributed by atoms with Crippen LogP contribution in [0.15, 0.2) is 57.5 Å². The first-order valence-corrected chi connectivity index (χ1v) is 8.07. The van der Waals surface area contributed by atoms with E-state index in [4.69, 9.17) is 8.94 Å². The van der Waals surface area contributed by atoms with Crippen LogP contribution in [0.25, 0.3) is 11.3 Å². The molecule has 0 radical (unpaired) electrons. The molecule has 26 heavy (non-hydrogen) atoms. The van der Waals surface area contributed by atoms with E-state index in [0.717, 1.165) is 17.1 Å². The zero-order valence-corrected chi connectivity index (χ0v) is 15.7. The molecule has 0 aliphatic heterocycles. The molecule has 7 heteroatoms. The van der Waals surface area contributed by atoms with E-state index in [1.165, 1.54) is 0 Å². The standard InChI is InChI=1S/C19H21N3O3.ClH/c1-13-9-10-17(24-13)16(22(2)3)12-20-19(23)15-11-18(25-21-15)14-7-5-4-6-8-14;/h4-11,16H,12H2,1-3H3,(H,20,23);1H. The zero-order chi connectivity index (χ0) is 17.8. The number of halogens is 1. The third-order valence-electron chi connectivity index (χ3n) is 3.97. The quantitative estimate of drug-likeness (QED) is 0.711. The van der Waals surface area contributed by atoms with Crippen LogP contribution in [0.4, 0.5) is 0 Å². The second kappa shape index (κ2) is 8.69. The van der Waals surface area contributed by atoms with Gasteiger partial charge in [-0.05, 0) is 33.2 Å². The van der Waals surface area contributed by atoms with Gasteiger partial charge in [0.25, 0.3) is 5.91 Å². The van der Waals surface area contributed by atoms with Crippen molar-refractivity contribution in [2.24, 2.45) is 0 Å². The molecule has 0 aliphatic rings. The number of aryl methyl sites for hydroxylation is 1. The molecular formula is C19H22ClN3O3. The van der Waals surface area contributed by atoms with Crippen molar-refractivity contribution in [2.45, 2.75) is 13.0 Å². The Morgan fingerprint density at radius 3 is 2.54 bits per heavy atom. The molecule has 0 saturated heterocycles. The first kappa shape index (κ1) is 19.8. The van der Waals surface area contributed by atoms with E-state index < -0.39 is 0 Å². The Labute approximate surface area is 158 Å². The third kappa shape index (κ3) is 4.53. The fourth-order valence-corrected chi connectivity index (χ4v) is 2.57. The van der Waals surface area contributed by atoms with Gasteiger partial charge in [0.2, 0.25) is 0 Å². The largest absolute Gasteiger partial charge is 0.465 e. The fraction of sp³-hybridized carbons (Fsp3) is 0.263. The number of carbonyl (C=O) groups is 1. The summed E-state index contributed by atoms with van der Waals surface area (Å²) in [6, 6.07) is 15.0. The van der Waals surface area contributed by atoms with E-state index in [2.05, 4.69) is 10.5 Å². The topological polar surface area (TPSA) is 71.5 Å². The van der Waals surface area contributed by atoms with Gasteiger partial charge in [0.15, 0.2) is 11.5 Å². The second-order valence-electron chi connectivity index (χ2n) is 6.08. The number of aromatic nitrogens is 1. The number of furan rings is 1. The van der Waals surface area contributed by atoms with Crippen LogP contribution < -0.4 is 5.32 Å². The predicted octanol–water partition coefficient (Wildman–Crippen LogP) is 3.70. The van der Waals surface area contributed by atoms with Gasteiger partial charge in [-0.25, -0.2) is 0 Å². The molecule has 0 aliphatic carbocycles. The Kier molecular flexibility index (Phi) is 6.60. The van der Waals surface area contributed by atoms with Gasteiger partial charge in [-0.3, -0.25) is 9.69 Å². The van der Waals surface area contributed by atoms with Crippen LogP contribution in [0.1, 0.15) is 28.1 Å². The van der Waals surface area contributed by atoms with Crippen LogP contribution in [0, 0.1) is 6.92 Å². The lowest BCUT2D eigenvalue weighted by molar-refractivity contribution is 0.0930. The number of hydrogen-bond donors (Lipinski definition) is 1. The van der Waals surface area contributed by atoms with Crippen LogP contribution in [-0.2, 0) is 0 Å². The molecule has 2 heterocycles. The van der Waals surface area contributed by atoms with Gasteiger partial charge in [-0.15, -0.1) is 12.4 Å². The Hall–Kier alpha value is -2.57. The Morgan fingerprint density at radius 1 is 1.19 bits per heavy atom. The van der Waals surface area contributed by atoms with E-state index in [0.29, 0.717) is 12.3 Å². The first-order chi connectivity index (χ1) is 12.0. The number of benzene rings is 1. The zero-order valence-electron chi connectivity index (χ0n) is 14.9. The summed E-state index contributed by atoms with van der Waals surface area (Å²) in [7, 11) is 3.89. The van der Waals surface area contributed by atoms with Gasteiger partial charge >= 0.3 is 0 Å². The highest BCUT2D eigenvalue weighted by Gasteiger charge is 2.20. The molecule has 1 aromatic carbocycles. The van der Waals surface area contributed by atoms with Gasteiger partial charge in [0.05, 0.1) is 6.04 Å². The Bertz CT molecular complexity index is 843. The van der Waals surface area contributed by atoms with E-state index in [1.807, 2.05) is 68.4 Å². The van der Waals surface area contributed by atoms with Crippen LogP contribution in [-0.4, -0.2) is 36.6 Å². The number of carbonyl (C=O) groups excluding carboxylic acids is 1. The molecule has 1 unspecified atom stereocenters. The van der Waals surface area contributed by atoms with Crippen LogP contribution >= 0.6 is 12.4 Å². The molecule has 0 saturated carbocycles. The van der Waals surface area contributed by atoms with Crippen molar-refractivity contribution in [3.8, 4) is 11.3 Å². The summed E-state index contributed by atoms with van der Waals surface area (Å²) in [6.07, 6.45) is 0. The maximum Gasteiger partial charge on any atom is 0.273 e. The summed E-state index contributed by atoms with van der Waals surface area (Å²) in [5, 5.41) is 6.76. The predicted molar refractivity (Wildman–Crippen MR) is 101 cm³/mol. The number of likely N-dealkylation sites (N-methyl/N-ethyl adjacent to an activating group) is 1. The summed E-state index contributed by atoms with van der Waals surface area (Å²) in [4.78, 5) is 14.4. The average Bonchev–Trinajstić information content (AvgIpc) is 3.25. The average molecular weight is 376 g/mol. The molecule has 3 aromatic rings. The molecule has 0 bridgehead atoms. The molecule has 1 amide bonds. The van der Waals surface area contributed by atoms with Crippen molar-refractivity contribution < 1.29 is 13.7 Å². The number of rotatable bonds is 6. The van der Waals surface area contributed by atoms with Gasteiger partial charge in [-0.2, -0.15) is 0 Å². The molecule has 0 spiro atoms. The SMILES string of the molecule is Cc1ccc(C(CNC(=O)c2cc(-c3ccccc3)on2)N(C)C)o1.Cl. The maximum atomic E-state index is 12.4. The normalized spacial score (nSPS) is 11.8. The summed E-state index contributed by atoms with van der Waals surface area (Å²) in [5.74, 6) is 1.95. The number of amides is 1. The van der Waals surface area contributed by atoms with Crippen molar-refractivity contribution in [3.63, 3.8) is 0 Å². The minimum atomic E-state index is -0.277. The van der Waals surface area contributed by atoms with E-state index >= 15 is 0 Å².